The van der Waals surface area contributed by atoms with Crippen LogP contribution in [0.15, 0.2) is 4.52 Å². The lowest BCUT2D eigenvalue weighted by molar-refractivity contribution is 0.0153. The van der Waals surface area contributed by atoms with Gasteiger partial charge in [-0.05, 0) is 19.3 Å². The molecule has 1 atom stereocenters. The smallest absolute Gasteiger partial charge is 0.321 e. The van der Waals surface area contributed by atoms with Crippen molar-refractivity contribution in [3.05, 3.63) is 5.82 Å². The van der Waals surface area contributed by atoms with Crippen molar-refractivity contribution in [1.29, 1.82) is 0 Å². The Morgan fingerprint density at radius 1 is 1.50 bits per heavy atom. The molecule has 0 bridgehead atoms. The Labute approximate surface area is 82.8 Å². The average Bonchev–Trinajstić information content (AvgIpc) is 2.67. The van der Waals surface area contributed by atoms with E-state index in [-0.39, 0.29) is 6.10 Å². The van der Waals surface area contributed by atoms with Crippen LogP contribution in [-0.2, 0) is 11.2 Å². The maximum Gasteiger partial charge on any atom is 0.321 e. The summed E-state index contributed by atoms with van der Waals surface area (Å²) >= 11 is 0. The maximum absolute atomic E-state index is 5.58. The van der Waals surface area contributed by atoms with Gasteiger partial charge in [0.2, 0.25) is 0 Å². The van der Waals surface area contributed by atoms with Gasteiger partial charge in [0.15, 0.2) is 5.82 Å². The normalized spacial score (nSPS) is 22.2. The summed E-state index contributed by atoms with van der Waals surface area (Å²) in [6, 6.07) is 0.468. The zero-order valence-corrected chi connectivity index (χ0v) is 8.32. The molecule has 78 valence electrons. The van der Waals surface area contributed by atoms with Gasteiger partial charge in [-0.25, -0.2) is 0 Å². The topological polar surface area (TPSA) is 60.2 Å². The van der Waals surface area contributed by atoms with E-state index in [0.717, 1.165) is 25.3 Å². The fourth-order valence-electron chi connectivity index (χ4n) is 1.61. The molecule has 2 heterocycles. The van der Waals surface area contributed by atoms with Crippen LogP contribution in [0.2, 0.25) is 0 Å². The van der Waals surface area contributed by atoms with Crippen LogP contribution in [0.1, 0.15) is 25.1 Å². The molecular weight excluding hydrogens is 182 g/mol. The predicted molar refractivity (Wildman–Crippen MR) is 51.1 cm³/mol. The van der Waals surface area contributed by atoms with E-state index in [1.165, 1.54) is 12.8 Å². The summed E-state index contributed by atoms with van der Waals surface area (Å²) in [5, 5.41) is 6.66. The summed E-state index contributed by atoms with van der Waals surface area (Å²) in [6.45, 7) is 0.863. The predicted octanol–water partition coefficient (Wildman–Crippen LogP) is 1.22. The largest absolute Gasteiger partial charge is 0.378 e. The number of ether oxygens (including phenoxy) is 1. The first-order chi connectivity index (χ1) is 6.88. The first-order valence-electron chi connectivity index (χ1n) is 5.00. The van der Waals surface area contributed by atoms with Crippen LogP contribution in [0.3, 0.4) is 0 Å². The summed E-state index contributed by atoms with van der Waals surface area (Å²) in [5.41, 5.74) is 0. The molecule has 1 aliphatic rings. The first-order valence-corrected chi connectivity index (χ1v) is 5.00. The Bertz CT molecular complexity index is 281. The molecule has 5 heteroatoms. The van der Waals surface area contributed by atoms with Gasteiger partial charge in [-0.15, -0.1) is 0 Å². The second kappa shape index (κ2) is 4.41. The molecule has 0 saturated carbocycles. The van der Waals surface area contributed by atoms with Gasteiger partial charge in [0.1, 0.15) is 0 Å². The van der Waals surface area contributed by atoms with Gasteiger partial charge in [-0.3, -0.25) is 0 Å². The quantitative estimate of drug-likeness (QED) is 0.789. The van der Waals surface area contributed by atoms with Crippen molar-refractivity contribution >= 4 is 6.01 Å². The molecule has 0 aromatic carbocycles. The second-order valence-electron chi connectivity index (χ2n) is 3.46. The Hall–Kier alpha value is -1.10. The van der Waals surface area contributed by atoms with Crippen molar-refractivity contribution in [3.8, 4) is 0 Å². The number of nitrogens with zero attached hydrogens (tertiary/aromatic N) is 2. The lowest BCUT2D eigenvalue weighted by Gasteiger charge is -2.20. The number of anilines is 1. The third-order valence-electron chi connectivity index (χ3n) is 2.37. The molecule has 1 aliphatic heterocycles. The average molecular weight is 197 g/mol. The van der Waals surface area contributed by atoms with Gasteiger partial charge < -0.3 is 14.6 Å². The van der Waals surface area contributed by atoms with Crippen LogP contribution < -0.4 is 5.32 Å². The van der Waals surface area contributed by atoms with Crippen molar-refractivity contribution in [1.82, 2.24) is 10.1 Å². The Kier molecular flexibility index (Phi) is 2.98. The van der Waals surface area contributed by atoms with E-state index in [1.54, 1.807) is 7.05 Å². The highest BCUT2D eigenvalue weighted by Gasteiger charge is 2.17. The van der Waals surface area contributed by atoms with E-state index >= 15 is 0 Å². The Morgan fingerprint density at radius 2 is 2.43 bits per heavy atom. The molecule has 1 aromatic heterocycles. The highest BCUT2D eigenvalue weighted by molar-refractivity contribution is 5.16. The van der Waals surface area contributed by atoms with Crippen LogP contribution in [0.5, 0.6) is 0 Å². The van der Waals surface area contributed by atoms with E-state index in [0.29, 0.717) is 6.01 Å². The van der Waals surface area contributed by atoms with Crippen molar-refractivity contribution in [2.75, 3.05) is 19.0 Å². The number of nitrogens with one attached hydrogen (secondary N) is 1. The zero-order valence-electron chi connectivity index (χ0n) is 8.32. The van der Waals surface area contributed by atoms with Crippen LogP contribution in [-0.4, -0.2) is 29.9 Å². The van der Waals surface area contributed by atoms with Gasteiger partial charge in [0, 0.05) is 20.1 Å². The minimum absolute atomic E-state index is 0.269. The van der Waals surface area contributed by atoms with Crippen LogP contribution >= 0.6 is 0 Å². The van der Waals surface area contributed by atoms with Crippen molar-refractivity contribution in [3.63, 3.8) is 0 Å². The summed E-state index contributed by atoms with van der Waals surface area (Å²) < 4.78 is 10.5. The molecule has 0 amide bonds. The van der Waals surface area contributed by atoms with Gasteiger partial charge in [-0.2, -0.15) is 4.98 Å². The first kappa shape index (κ1) is 9.45. The summed E-state index contributed by atoms with van der Waals surface area (Å²) in [4.78, 5) is 4.15. The molecule has 1 saturated heterocycles. The molecule has 0 spiro atoms. The minimum Gasteiger partial charge on any atom is -0.378 e. The molecule has 0 aliphatic carbocycles. The molecule has 14 heavy (non-hydrogen) atoms. The summed E-state index contributed by atoms with van der Waals surface area (Å²) in [6.07, 6.45) is 4.53. The molecule has 1 unspecified atom stereocenters. The Balaban J connectivity index is 1.89. The van der Waals surface area contributed by atoms with E-state index in [2.05, 4.69) is 15.5 Å². The van der Waals surface area contributed by atoms with Crippen molar-refractivity contribution in [2.45, 2.75) is 31.8 Å². The SMILES string of the molecule is CNc1nc(CC2CCCCO2)no1. The summed E-state index contributed by atoms with van der Waals surface area (Å²) in [7, 11) is 1.76. The van der Waals surface area contributed by atoms with E-state index < -0.39 is 0 Å². The minimum atomic E-state index is 0.269. The van der Waals surface area contributed by atoms with Crippen molar-refractivity contribution < 1.29 is 9.26 Å². The third kappa shape index (κ3) is 2.23. The van der Waals surface area contributed by atoms with Gasteiger partial charge in [-0.1, -0.05) is 5.16 Å². The van der Waals surface area contributed by atoms with Gasteiger partial charge >= 0.3 is 6.01 Å². The molecule has 5 nitrogen and oxygen atoms in total. The van der Waals surface area contributed by atoms with Gasteiger partial charge in [0.25, 0.3) is 0 Å². The van der Waals surface area contributed by atoms with Crippen molar-refractivity contribution in [2.24, 2.45) is 0 Å². The molecule has 1 N–H and O–H groups in total. The monoisotopic (exact) mass is 197 g/mol. The number of rotatable bonds is 3. The standard InChI is InChI=1S/C9H15N3O2/c1-10-9-11-8(12-14-9)6-7-4-2-3-5-13-7/h7H,2-6H2,1H3,(H,10,11,12). The lowest BCUT2D eigenvalue weighted by atomic mass is 10.1. The fraction of sp³-hybridized carbons (Fsp3) is 0.778. The van der Waals surface area contributed by atoms with Gasteiger partial charge in [0.05, 0.1) is 6.10 Å². The third-order valence-corrected chi connectivity index (χ3v) is 2.37. The molecule has 1 aromatic rings. The Morgan fingerprint density at radius 3 is 3.07 bits per heavy atom. The highest BCUT2D eigenvalue weighted by atomic mass is 16.5. The van der Waals surface area contributed by atoms with Crippen LogP contribution in [0, 0.1) is 0 Å². The highest BCUT2D eigenvalue weighted by Crippen LogP contribution is 2.16. The fourth-order valence-corrected chi connectivity index (χ4v) is 1.61. The summed E-state index contributed by atoms with van der Waals surface area (Å²) in [5.74, 6) is 0.723. The molecular formula is C9H15N3O2. The lowest BCUT2D eigenvalue weighted by Crippen LogP contribution is -2.21. The van der Waals surface area contributed by atoms with E-state index in [9.17, 15) is 0 Å². The second-order valence-corrected chi connectivity index (χ2v) is 3.46. The van der Waals surface area contributed by atoms with Crippen LogP contribution in [0.4, 0.5) is 6.01 Å². The number of aromatic nitrogens is 2. The van der Waals surface area contributed by atoms with Crippen LogP contribution in [0.25, 0.3) is 0 Å². The van der Waals surface area contributed by atoms with E-state index in [4.69, 9.17) is 9.26 Å². The molecule has 1 fully saturated rings. The number of hydrogen-bond acceptors (Lipinski definition) is 5. The molecule has 2 rings (SSSR count). The number of hydrogen-bond donors (Lipinski definition) is 1. The molecule has 0 radical (unpaired) electrons. The zero-order chi connectivity index (χ0) is 9.80. The van der Waals surface area contributed by atoms with E-state index in [1.807, 2.05) is 0 Å². The maximum atomic E-state index is 5.58.